The molecule has 0 aliphatic carbocycles. The lowest BCUT2D eigenvalue weighted by Crippen LogP contribution is -2.47. The second-order valence-corrected chi connectivity index (χ2v) is 4.67. The molecule has 0 radical (unpaired) electrons. The van der Waals surface area contributed by atoms with Gasteiger partial charge in [-0.2, -0.15) is 0 Å². The third kappa shape index (κ3) is 7.23. The molecule has 5 heteroatoms. The predicted molar refractivity (Wildman–Crippen MR) is 62.3 cm³/mol. The summed E-state index contributed by atoms with van der Waals surface area (Å²) in [4.78, 5) is 23.6. The van der Waals surface area contributed by atoms with Crippen LogP contribution in [0.5, 0.6) is 0 Å². The van der Waals surface area contributed by atoms with Crippen LogP contribution in [0.25, 0.3) is 0 Å². The van der Waals surface area contributed by atoms with Gasteiger partial charge in [0.1, 0.15) is 0 Å². The van der Waals surface area contributed by atoms with Gasteiger partial charge in [-0.3, -0.25) is 14.5 Å². The van der Waals surface area contributed by atoms with E-state index in [-0.39, 0.29) is 24.4 Å². The molecule has 94 valence electrons. The quantitative estimate of drug-likeness (QED) is 0.675. The van der Waals surface area contributed by atoms with Crippen molar-refractivity contribution in [2.24, 2.45) is 0 Å². The molecule has 1 amide bonds. The number of nitrogens with zero attached hydrogens (tertiary/aromatic N) is 1. The Kier molecular flexibility index (Phi) is 6.03. The average molecular weight is 230 g/mol. The molecular weight excluding hydrogens is 208 g/mol. The predicted octanol–water partition coefficient (Wildman–Crippen LogP) is 0.698. The highest BCUT2D eigenvalue weighted by atomic mass is 16.4. The summed E-state index contributed by atoms with van der Waals surface area (Å²) in [5.41, 5.74) is -0.204. The number of rotatable bonds is 7. The van der Waals surface area contributed by atoms with E-state index in [1.54, 1.807) is 11.9 Å². The van der Waals surface area contributed by atoms with E-state index in [4.69, 9.17) is 5.11 Å². The highest BCUT2D eigenvalue weighted by Gasteiger charge is 2.18. The summed E-state index contributed by atoms with van der Waals surface area (Å²) in [5, 5.41) is 11.4. The van der Waals surface area contributed by atoms with Gasteiger partial charge in [-0.25, -0.2) is 0 Å². The summed E-state index contributed by atoms with van der Waals surface area (Å²) in [6.45, 7) is 6.55. The number of hydrogen-bond acceptors (Lipinski definition) is 3. The van der Waals surface area contributed by atoms with Crippen LogP contribution in [0, 0.1) is 0 Å². The molecule has 2 N–H and O–H groups in total. The summed E-state index contributed by atoms with van der Waals surface area (Å²) in [6.07, 6.45) is 0.915. The molecule has 0 aromatic rings. The third-order valence-electron chi connectivity index (χ3n) is 2.48. The van der Waals surface area contributed by atoms with Gasteiger partial charge in [0, 0.05) is 12.1 Å². The zero-order valence-electron chi connectivity index (χ0n) is 10.5. The highest BCUT2D eigenvalue weighted by molar-refractivity contribution is 5.78. The number of likely N-dealkylation sites (N-methyl/N-ethyl adjacent to an activating group) is 1. The lowest BCUT2D eigenvalue weighted by Gasteiger charge is -2.26. The van der Waals surface area contributed by atoms with E-state index < -0.39 is 5.97 Å². The van der Waals surface area contributed by atoms with Crippen molar-refractivity contribution in [3.05, 3.63) is 0 Å². The molecule has 16 heavy (non-hydrogen) atoms. The van der Waals surface area contributed by atoms with Crippen LogP contribution in [0.4, 0.5) is 0 Å². The van der Waals surface area contributed by atoms with Gasteiger partial charge in [-0.1, -0.05) is 6.92 Å². The maximum absolute atomic E-state index is 11.6. The zero-order chi connectivity index (χ0) is 12.8. The number of carbonyl (C=O) groups is 2. The summed E-state index contributed by atoms with van der Waals surface area (Å²) < 4.78 is 0. The van der Waals surface area contributed by atoms with E-state index in [9.17, 15) is 9.59 Å². The van der Waals surface area contributed by atoms with Crippen LogP contribution in [-0.4, -0.2) is 47.6 Å². The van der Waals surface area contributed by atoms with Gasteiger partial charge in [0.25, 0.3) is 0 Å². The van der Waals surface area contributed by atoms with E-state index in [2.05, 4.69) is 5.32 Å². The van der Waals surface area contributed by atoms with Crippen molar-refractivity contribution in [1.82, 2.24) is 10.2 Å². The van der Waals surface area contributed by atoms with Crippen molar-refractivity contribution >= 4 is 11.9 Å². The van der Waals surface area contributed by atoms with Gasteiger partial charge < -0.3 is 10.4 Å². The van der Waals surface area contributed by atoms with Crippen LogP contribution in [-0.2, 0) is 9.59 Å². The fourth-order valence-electron chi connectivity index (χ4n) is 1.12. The van der Waals surface area contributed by atoms with Crippen LogP contribution in [0.3, 0.4) is 0 Å². The van der Waals surface area contributed by atoms with Crippen molar-refractivity contribution in [2.75, 3.05) is 20.1 Å². The van der Waals surface area contributed by atoms with Crippen molar-refractivity contribution in [3.8, 4) is 0 Å². The third-order valence-corrected chi connectivity index (χ3v) is 2.48. The molecule has 0 saturated heterocycles. The molecule has 5 nitrogen and oxygen atoms in total. The molecule has 0 aromatic heterocycles. The fourth-order valence-corrected chi connectivity index (χ4v) is 1.12. The zero-order valence-corrected chi connectivity index (χ0v) is 10.5. The van der Waals surface area contributed by atoms with E-state index in [0.717, 1.165) is 6.42 Å². The number of carbonyl (C=O) groups excluding carboxylic acids is 1. The first-order chi connectivity index (χ1) is 7.26. The molecule has 0 atom stereocenters. The number of carboxylic acid groups (broad SMARTS) is 1. The number of amides is 1. The van der Waals surface area contributed by atoms with Crippen LogP contribution < -0.4 is 5.32 Å². The molecule has 0 aliphatic heterocycles. The molecule has 0 rings (SSSR count). The van der Waals surface area contributed by atoms with Gasteiger partial charge in [0.05, 0.1) is 13.0 Å². The highest BCUT2D eigenvalue weighted by Crippen LogP contribution is 2.06. The average Bonchev–Trinajstić information content (AvgIpc) is 2.13. The van der Waals surface area contributed by atoms with Gasteiger partial charge in [0.2, 0.25) is 5.91 Å². The van der Waals surface area contributed by atoms with Crippen LogP contribution in [0.1, 0.15) is 33.6 Å². The molecule has 0 aromatic carbocycles. The monoisotopic (exact) mass is 230 g/mol. The Morgan fingerprint density at radius 2 is 1.94 bits per heavy atom. The molecular formula is C11H22N2O3. The first-order valence-electron chi connectivity index (χ1n) is 5.48. The first kappa shape index (κ1) is 14.9. The summed E-state index contributed by atoms with van der Waals surface area (Å²) in [6, 6.07) is 0. The van der Waals surface area contributed by atoms with Gasteiger partial charge in [0.15, 0.2) is 0 Å². The SMILES string of the molecule is CCC(C)(C)NC(=O)CN(C)CCC(=O)O. The lowest BCUT2D eigenvalue weighted by atomic mass is 10.0. The normalized spacial score (nSPS) is 11.6. The van der Waals surface area contributed by atoms with Crippen molar-refractivity contribution in [3.63, 3.8) is 0 Å². The first-order valence-corrected chi connectivity index (χ1v) is 5.48. The summed E-state index contributed by atoms with van der Waals surface area (Å²) >= 11 is 0. The van der Waals surface area contributed by atoms with E-state index in [1.807, 2.05) is 20.8 Å². The molecule has 0 unspecified atom stereocenters. The maximum Gasteiger partial charge on any atom is 0.304 e. The fraction of sp³-hybridized carbons (Fsp3) is 0.818. The molecule has 0 heterocycles. The number of aliphatic carboxylic acids is 1. The minimum atomic E-state index is -0.846. The minimum absolute atomic E-state index is 0.0565. The smallest absolute Gasteiger partial charge is 0.304 e. The van der Waals surface area contributed by atoms with Crippen LogP contribution in [0.2, 0.25) is 0 Å². The van der Waals surface area contributed by atoms with Crippen molar-refractivity contribution < 1.29 is 14.7 Å². The molecule has 0 fully saturated rings. The van der Waals surface area contributed by atoms with Crippen LogP contribution in [0.15, 0.2) is 0 Å². The molecule has 0 saturated carbocycles. The summed E-state index contributed by atoms with van der Waals surface area (Å²) in [7, 11) is 1.74. The second-order valence-electron chi connectivity index (χ2n) is 4.67. The van der Waals surface area contributed by atoms with Gasteiger partial charge in [-0.05, 0) is 27.3 Å². The molecule has 0 bridgehead atoms. The van der Waals surface area contributed by atoms with Crippen molar-refractivity contribution in [2.45, 2.75) is 39.2 Å². The standard InChI is InChI=1S/C11H22N2O3/c1-5-11(2,3)12-9(14)8-13(4)7-6-10(15)16/h5-8H2,1-4H3,(H,12,14)(H,15,16). The maximum atomic E-state index is 11.6. The Hall–Kier alpha value is -1.10. The van der Waals surface area contributed by atoms with Crippen molar-refractivity contribution in [1.29, 1.82) is 0 Å². The Morgan fingerprint density at radius 1 is 1.38 bits per heavy atom. The topological polar surface area (TPSA) is 69.6 Å². The largest absolute Gasteiger partial charge is 0.481 e. The number of hydrogen-bond donors (Lipinski definition) is 2. The van der Waals surface area contributed by atoms with E-state index in [1.165, 1.54) is 0 Å². The lowest BCUT2D eigenvalue weighted by molar-refractivity contribution is -0.137. The molecule has 0 aliphatic rings. The Bertz CT molecular complexity index is 252. The van der Waals surface area contributed by atoms with Crippen LogP contribution >= 0.6 is 0 Å². The van der Waals surface area contributed by atoms with Gasteiger partial charge in [-0.15, -0.1) is 0 Å². The number of nitrogens with one attached hydrogen (secondary N) is 1. The van der Waals surface area contributed by atoms with Gasteiger partial charge >= 0.3 is 5.97 Å². The van der Waals surface area contributed by atoms with E-state index >= 15 is 0 Å². The Morgan fingerprint density at radius 3 is 2.38 bits per heavy atom. The second kappa shape index (κ2) is 6.48. The Labute approximate surface area is 96.8 Å². The molecule has 0 spiro atoms. The minimum Gasteiger partial charge on any atom is -0.481 e. The number of carboxylic acids is 1. The Balaban J connectivity index is 3.91. The summed E-state index contributed by atoms with van der Waals surface area (Å²) in [5.74, 6) is -0.916. The van der Waals surface area contributed by atoms with E-state index in [0.29, 0.717) is 6.54 Å².